The van der Waals surface area contributed by atoms with Crippen LogP contribution in [0, 0.1) is 0 Å². The average Bonchev–Trinajstić information content (AvgIpc) is 2.58. The van der Waals surface area contributed by atoms with Crippen LogP contribution in [0.5, 0.6) is 0 Å². The largest absolute Gasteiger partial charge is 0.464 e. The van der Waals surface area contributed by atoms with Crippen molar-refractivity contribution in [1.82, 2.24) is 0 Å². The van der Waals surface area contributed by atoms with Crippen LogP contribution in [0.1, 0.15) is 30.1 Å². The Morgan fingerprint density at radius 1 is 0.957 bits per heavy atom. The summed E-state index contributed by atoms with van der Waals surface area (Å²) in [5.74, 6) is -0.466. The molecule has 4 heteroatoms. The van der Waals surface area contributed by atoms with Crippen molar-refractivity contribution in [3.63, 3.8) is 0 Å². The highest BCUT2D eigenvalue weighted by Crippen LogP contribution is 2.20. The van der Waals surface area contributed by atoms with Gasteiger partial charge in [0.15, 0.2) is 5.78 Å². The topological polar surface area (TPSA) is 43.4 Å². The van der Waals surface area contributed by atoms with Crippen LogP contribution in [0.3, 0.4) is 0 Å². The Balaban J connectivity index is 1.89. The van der Waals surface area contributed by atoms with Crippen molar-refractivity contribution in [3.05, 3.63) is 60.2 Å². The zero-order valence-electron chi connectivity index (χ0n) is 13.0. The maximum atomic E-state index is 12.1. The van der Waals surface area contributed by atoms with Crippen molar-refractivity contribution in [3.8, 4) is 11.1 Å². The van der Waals surface area contributed by atoms with E-state index in [4.69, 9.17) is 16.3 Å². The molecule has 0 bridgehead atoms. The molecule has 2 rings (SSSR count). The highest BCUT2D eigenvalue weighted by atomic mass is 35.5. The summed E-state index contributed by atoms with van der Waals surface area (Å²) in [6.45, 7) is 1.91. The second-order valence-electron chi connectivity index (χ2n) is 5.33. The zero-order chi connectivity index (χ0) is 16.7. The summed E-state index contributed by atoms with van der Waals surface area (Å²) in [5.41, 5.74) is 2.76. The Kier molecular flexibility index (Phi) is 6.36. The van der Waals surface area contributed by atoms with E-state index in [0.717, 1.165) is 11.1 Å². The minimum Gasteiger partial charge on any atom is -0.464 e. The number of ketones is 1. The summed E-state index contributed by atoms with van der Waals surface area (Å²) in [7, 11) is 0. The van der Waals surface area contributed by atoms with E-state index in [0.29, 0.717) is 5.56 Å². The average molecular weight is 331 g/mol. The van der Waals surface area contributed by atoms with Gasteiger partial charge in [-0.15, -0.1) is 11.6 Å². The third-order valence-electron chi connectivity index (χ3n) is 3.34. The van der Waals surface area contributed by atoms with E-state index in [1.54, 1.807) is 19.1 Å². The molecule has 0 saturated heterocycles. The van der Waals surface area contributed by atoms with Gasteiger partial charge in [0.25, 0.3) is 0 Å². The summed E-state index contributed by atoms with van der Waals surface area (Å²) < 4.78 is 4.94. The maximum Gasteiger partial charge on any atom is 0.306 e. The molecule has 0 radical (unpaired) electrons. The highest BCUT2D eigenvalue weighted by Gasteiger charge is 2.11. The lowest BCUT2D eigenvalue weighted by molar-refractivity contribution is -0.143. The zero-order valence-corrected chi connectivity index (χ0v) is 13.8. The Labute approximate surface area is 141 Å². The molecule has 1 atom stereocenters. The molecule has 1 unspecified atom stereocenters. The van der Waals surface area contributed by atoms with E-state index in [1.165, 1.54) is 0 Å². The van der Waals surface area contributed by atoms with Crippen LogP contribution in [0.15, 0.2) is 54.6 Å². The number of ether oxygens (including phenoxy) is 1. The number of rotatable bonds is 7. The number of benzene rings is 2. The predicted octanol–water partition coefficient (Wildman–Crippen LogP) is 4.49. The van der Waals surface area contributed by atoms with E-state index in [9.17, 15) is 9.59 Å². The van der Waals surface area contributed by atoms with Crippen LogP contribution >= 0.6 is 11.6 Å². The summed E-state index contributed by atoms with van der Waals surface area (Å²) in [6, 6.07) is 17.4. The fourth-order valence-corrected chi connectivity index (χ4v) is 2.18. The van der Waals surface area contributed by atoms with Crippen molar-refractivity contribution in [2.75, 3.05) is 6.61 Å². The van der Waals surface area contributed by atoms with Crippen molar-refractivity contribution >= 4 is 23.4 Å². The van der Waals surface area contributed by atoms with Crippen molar-refractivity contribution in [2.45, 2.75) is 25.1 Å². The van der Waals surface area contributed by atoms with E-state index in [1.807, 2.05) is 42.5 Å². The Hall–Kier alpha value is -2.13. The molecule has 0 aliphatic rings. The molecular weight excluding hydrogens is 312 g/mol. The number of Topliss-reactive ketones (excluding diaryl/α,β-unsaturated/α-hetero) is 1. The molecule has 3 nitrogen and oxygen atoms in total. The molecule has 0 amide bonds. The molecular formula is C19H19ClO3. The molecule has 0 aliphatic heterocycles. The van der Waals surface area contributed by atoms with Crippen LogP contribution in [0.4, 0.5) is 0 Å². The fraction of sp³-hybridized carbons (Fsp3) is 0.263. The van der Waals surface area contributed by atoms with Gasteiger partial charge in [0.05, 0.1) is 11.8 Å². The molecule has 0 aliphatic carbocycles. The first kappa shape index (κ1) is 17.2. The Bertz CT molecular complexity index is 648. The smallest absolute Gasteiger partial charge is 0.306 e. The summed E-state index contributed by atoms with van der Waals surface area (Å²) in [6.07, 6.45) is 0.211. The van der Waals surface area contributed by atoms with Gasteiger partial charge in [-0.25, -0.2) is 0 Å². The van der Waals surface area contributed by atoms with Gasteiger partial charge in [0.2, 0.25) is 0 Å². The van der Waals surface area contributed by atoms with Gasteiger partial charge in [-0.05, 0) is 18.1 Å². The minimum atomic E-state index is -0.397. The fourth-order valence-electron chi connectivity index (χ4n) is 2.12. The molecule has 0 saturated carbocycles. The molecule has 0 heterocycles. The molecule has 0 aromatic heterocycles. The number of hydrogen-bond acceptors (Lipinski definition) is 3. The lowest BCUT2D eigenvalue weighted by Crippen LogP contribution is -2.13. The number of carbonyl (C=O) groups is 2. The van der Waals surface area contributed by atoms with Gasteiger partial charge in [-0.3, -0.25) is 9.59 Å². The molecule has 2 aromatic rings. The van der Waals surface area contributed by atoms with Crippen molar-refractivity contribution < 1.29 is 14.3 Å². The molecule has 2 aromatic carbocycles. The number of hydrogen-bond donors (Lipinski definition) is 0. The van der Waals surface area contributed by atoms with Crippen LogP contribution in [0.25, 0.3) is 11.1 Å². The van der Waals surface area contributed by atoms with Crippen LogP contribution in [0.2, 0.25) is 0 Å². The second kappa shape index (κ2) is 8.49. The first-order chi connectivity index (χ1) is 11.1. The SMILES string of the molecule is CC(Cl)COC(=O)CCC(=O)c1ccc(-c2ccccc2)cc1. The molecule has 0 spiro atoms. The van der Waals surface area contributed by atoms with E-state index < -0.39 is 5.97 Å². The standard InChI is InChI=1S/C19H19ClO3/c1-14(20)13-23-19(22)12-11-18(21)17-9-7-16(8-10-17)15-5-3-2-4-6-15/h2-10,14H,11-13H2,1H3. The van der Waals surface area contributed by atoms with E-state index in [2.05, 4.69) is 0 Å². The third kappa shape index (κ3) is 5.53. The third-order valence-corrected chi connectivity index (χ3v) is 3.47. The highest BCUT2D eigenvalue weighted by molar-refractivity contribution is 6.20. The summed E-state index contributed by atoms with van der Waals surface area (Å²) in [4.78, 5) is 23.6. The molecule has 0 N–H and O–H groups in total. The van der Waals surface area contributed by atoms with Crippen LogP contribution in [-0.2, 0) is 9.53 Å². The number of carbonyl (C=O) groups excluding carboxylic acids is 2. The van der Waals surface area contributed by atoms with Crippen molar-refractivity contribution in [1.29, 1.82) is 0 Å². The molecule has 23 heavy (non-hydrogen) atoms. The van der Waals surface area contributed by atoms with Gasteiger partial charge >= 0.3 is 5.97 Å². The van der Waals surface area contributed by atoms with Gasteiger partial charge in [-0.1, -0.05) is 54.6 Å². The number of halogens is 1. The first-order valence-corrected chi connectivity index (χ1v) is 7.98. The maximum absolute atomic E-state index is 12.1. The normalized spacial score (nSPS) is 11.7. The van der Waals surface area contributed by atoms with E-state index in [-0.39, 0.29) is 30.6 Å². The quantitative estimate of drug-likeness (QED) is 0.427. The monoisotopic (exact) mass is 330 g/mol. The Morgan fingerprint density at radius 3 is 2.17 bits per heavy atom. The lowest BCUT2D eigenvalue weighted by atomic mass is 10.0. The summed E-state index contributed by atoms with van der Waals surface area (Å²) in [5, 5.41) is -0.222. The van der Waals surface area contributed by atoms with Gasteiger partial charge in [0, 0.05) is 12.0 Å². The van der Waals surface area contributed by atoms with Crippen molar-refractivity contribution in [2.24, 2.45) is 0 Å². The number of alkyl halides is 1. The van der Waals surface area contributed by atoms with Gasteiger partial charge in [-0.2, -0.15) is 0 Å². The lowest BCUT2D eigenvalue weighted by Gasteiger charge is -2.06. The second-order valence-corrected chi connectivity index (χ2v) is 6.08. The van der Waals surface area contributed by atoms with E-state index >= 15 is 0 Å². The van der Waals surface area contributed by atoms with Crippen LogP contribution in [-0.4, -0.2) is 23.7 Å². The first-order valence-electron chi connectivity index (χ1n) is 7.54. The number of esters is 1. The minimum absolute atomic E-state index is 0.0690. The Morgan fingerprint density at radius 2 is 1.57 bits per heavy atom. The molecule has 0 fully saturated rings. The van der Waals surface area contributed by atoms with Gasteiger partial charge in [0.1, 0.15) is 6.61 Å². The van der Waals surface area contributed by atoms with Crippen LogP contribution < -0.4 is 0 Å². The molecule has 120 valence electrons. The predicted molar refractivity (Wildman–Crippen MR) is 91.7 cm³/mol. The van der Waals surface area contributed by atoms with Gasteiger partial charge < -0.3 is 4.74 Å². The summed E-state index contributed by atoms with van der Waals surface area (Å²) >= 11 is 5.70.